The van der Waals surface area contributed by atoms with E-state index in [4.69, 9.17) is 4.98 Å². The number of aromatic nitrogens is 4. The van der Waals surface area contributed by atoms with Gasteiger partial charge in [0, 0.05) is 32.1 Å². The molecule has 0 aromatic carbocycles. The van der Waals surface area contributed by atoms with Crippen LogP contribution in [0, 0.1) is 6.92 Å². The highest BCUT2D eigenvalue weighted by Gasteiger charge is 2.30. The van der Waals surface area contributed by atoms with E-state index < -0.39 is 0 Å². The molecule has 0 aliphatic carbocycles. The highest BCUT2D eigenvalue weighted by molar-refractivity contribution is 5.93. The molecule has 1 saturated heterocycles. The van der Waals surface area contributed by atoms with Gasteiger partial charge in [-0.1, -0.05) is 0 Å². The lowest BCUT2D eigenvalue weighted by molar-refractivity contribution is 0.0596. The first-order chi connectivity index (χ1) is 11.6. The molecule has 0 spiro atoms. The molecule has 0 radical (unpaired) electrons. The summed E-state index contributed by atoms with van der Waals surface area (Å²) in [4.78, 5) is 19.7. The second-order valence-electron chi connectivity index (χ2n) is 6.46. The van der Waals surface area contributed by atoms with E-state index in [1.807, 2.05) is 60.1 Å². The molecule has 4 heterocycles. The Labute approximate surface area is 140 Å². The molecule has 6 nitrogen and oxygen atoms in total. The number of piperidine rings is 1. The molecule has 1 aliphatic rings. The van der Waals surface area contributed by atoms with Crippen molar-refractivity contribution in [2.75, 3.05) is 6.54 Å². The SMILES string of the molecule is Cc1cc2nc(C3CCCCN3C(=O)c3cccn3C)ccn2n1. The summed E-state index contributed by atoms with van der Waals surface area (Å²) in [6.45, 7) is 2.74. The highest BCUT2D eigenvalue weighted by Crippen LogP contribution is 2.31. The number of fused-ring (bicyclic) bond motifs is 1. The standard InChI is InChI=1S/C18H21N5O/c1-13-12-17-19-14(8-11-23(17)20-13)15-6-3-4-10-22(15)18(24)16-7-5-9-21(16)2/h5,7-9,11-12,15H,3-4,6,10H2,1-2H3. The van der Waals surface area contributed by atoms with E-state index in [0.717, 1.165) is 48.5 Å². The number of likely N-dealkylation sites (tertiary alicyclic amines) is 1. The van der Waals surface area contributed by atoms with Crippen LogP contribution in [0.5, 0.6) is 0 Å². The van der Waals surface area contributed by atoms with Crippen molar-refractivity contribution in [2.24, 2.45) is 7.05 Å². The van der Waals surface area contributed by atoms with Gasteiger partial charge < -0.3 is 9.47 Å². The van der Waals surface area contributed by atoms with E-state index in [1.54, 1.807) is 4.52 Å². The highest BCUT2D eigenvalue weighted by atomic mass is 16.2. The molecule has 0 bridgehead atoms. The molecule has 1 unspecified atom stereocenters. The molecule has 1 aliphatic heterocycles. The molecule has 3 aromatic heterocycles. The summed E-state index contributed by atoms with van der Waals surface area (Å²) in [5.41, 5.74) is 3.45. The van der Waals surface area contributed by atoms with Crippen LogP contribution < -0.4 is 0 Å². The zero-order valence-corrected chi connectivity index (χ0v) is 14.0. The third-order valence-corrected chi connectivity index (χ3v) is 4.74. The van der Waals surface area contributed by atoms with Gasteiger partial charge in [-0.05, 0) is 44.4 Å². The Bertz CT molecular complexity index is 894. The molecule has 0 N–H and O–H groups in total. The van der Waals surface area contributed by atoms with Crippen LogP contribution in [0.4, 0.5) is 0 Å². The van der Waals surface area contributed by atoms with Gasteiger partial charge in [-0.15, -0.1) is 0 Å². The fourth-order valence-electron chi connectivity index (χ4n) is 3.51. The van der Waals surface area contributed by atoms with Gasteiger partial charge in [-0.2, -0.15) is 5.10 Å². The Morgan fingerprint density at radius 1 is 1.25 bits per heavy atom. The Kier molecular flexibility index (Phi) is 3.59. The molecule has 0 saturated carbocycles. The Hall–Kier alpha value is -2.63. The van der Waals surface area contributed by atoms with Crippen LogP contribution in [0.1, 0.15) is 47.2 Å². The van der Waals surface area contributed by atoms with E-state index in [1.165, 1.54) is 0 Å². The van der Waals surface area contributed by atoms with Crippen LogP contribution in [-0.2, 0) is 7.05 Å². The number of amides is 1. The van der Waals surface area contributed by atoms with Crippen molar-refractivity contribution in [3.63, 3.8) is 0 Å². The number of hydrogen-bond donors (Lipinski definition) is 0. The summed E-state index contributed by atoms with van der Waals surface area (Å²) >= 11 is 0. The topological polar surface area (TPSA) is 55.4 Å². The number of aryl methyl sites for hydroxylation is 2. The van der Waals surface area contributed by atoms with Gasteiger partial charge in [-0.25, -0.2) is 9.50 Å². The number of carbonyl (C=O) groups is 1. The normalized spacial score (nSPS) is 18.2. The van der Waals surface area contributed by atoms with E-state index >= 15 is 0 Å². The molecule has 124 valence electrons. The minimum absolute atomic E-state index is 0.0290. The molecular formula is C18H21N5O. The maximum absolute atomic E-state index is 13.0. The summed E-state index contributed by atoms with van der Waals surface area (Å²) in [6, 6.07) is 7.77. The average Bonchev–Trinajstić information content (AvgIpc) is 3.18. The van der Waals surface area contributed by atoms with Crippen LogP contribution in [-0.4, -0.2) is 36.5 Å². The monoisotopic (exact) mass is 323 g/mol. The number of carbonyl (C=O) groups excluding carboxylic acids is 1. The van der Waals surface area contributed by atoms with Gasteiger partial charge in [0.2, 0.25) is 0 Å². The van der Waals surface area contributed by atoms with Crippen molar-refractivity contribution < 1.29 is 4.79 Å². The molecular weight excluding hydrogens is 302 g/mol. The smallest absolute Gasteiger partial charge is 0.271 e. The summed E-state index contributed by atoms with van der Waals surface area (Å²) in [6.07, 6.45) is 6.95. The van der Waals surface area contributed by atoms with Crippen LogP contribution in [0.25, 0.3) is 5.65 Å². The first kappa shape index (κ1) is 14.9. The van der Waals surface area contributed by atoms with Crippen molar-refractivity contribution >= 4 is 11.6 Å². The molecule has 3 aromatic rings. The van der Waals surface area contributed by atoms with Crippen molar-refractivity contribution in [3.8, 4) is 0 Å². The van der Waals surface area contributed by atoms with Gasteiger partial charge in [0.15, 0.2) is 5.65 Å². The van der Waals surface area contributed by atoms with Crippen molar-refractivity contribution in [3.05, 3.63) is 53.7 Å². The molecule has 4 rings (SSSR count). The minimum atomic E-state index is 0.0290. The van der Waals surface area contributed by atoms with Crippen molar-refractivity contribution in [1.29, 1.82) is 0 Å². The lowest BCUT2D eigenvalue weighted by Crippen LogP contribution is -2.39. The predicted molar refractivity (Wildman–Crippen MR) is 90.8 cm³/mol. The van der Waals surface area contributed by atoms with Gasteiger partial charge >= 0.3 is 0 Å². The van der Waals surface area contributed by atoms with Crippen molar-refractivity contribution in [2.45, 2.75) is 32.2 Å². The zero-order chi connectivity index (χ0) is 16.7. The predicted octanol–water partition coefficient (Wildman–Crippen LogP) is 2.74. The molecule has 1 amide bonds. The van der Waals surface area contributed by atoms with E-state index in [9.17, 15) is 4.79 Å². The molecule has 1 atom stereocenters. The number of hydrogen-bond acceptors (Lipinski definition) is 3. The van der Waals surface area contributed by atoms with Gasteiger partial charge in [0.05, 0.1) is 17.4 Å². The Morgan fingerprint density at radius 2 is 2.12 bits per heavy atom. The van der Waals surface area contributed by atoms with Gasteiger partial charge in [0.1, 0.15) is 5.69 Å². The quantitative estimate of drug-likeness (QED) is 0.728. The lowest BCUT2D eigenvalue weighted by atomic mass is 9.98. The third-order valence-electron chi connectivity index (χ3n) is 4.74. The fourth-order valence-corrected chi connectivity index (χ4v) is 3.51. The minimum Gasteiger partial charge on any atom is -0.347 e. The zero-order valence-electron chi connectivity index (χ0n) is 14.0. The summed E-state index contributed by atoms with van der Waals surface area (Å²) in [7, 11) is 1.91. The van der Waals surface area contributed by atoms with Crippen LogP contribution >= 0.6 is 0 Å². The lowest BCUT2D eigenvalue weighted by Gasteiger charge is -2.35. The van der Waals surface area contributed by atoms with Gasteiger partial charge in [-0.3, -0.25) is 4.79 Å². The average molecular weight is 323 g/mol. The number of rotatable bonds is 2. The molecule has 6 heteroatoms. The van der Waals surface area contributed by atoms with E-state index in [0.29, 0.717) is 0 Å². The third kappa shape index (κ3) is 2.48. The second kappa shape index (κ2) is 5.78. The maximum Gasteiger partial charge on any atom is 0.271 e. The van der Waals surface area contributed by atoms with E-state index in [-0.39, 0.29) is 11.9 Å². The summed E-state index contributed by atoms with van der Waals surface area (Å²) in [5, 5.41) is 4.38. The summed E-state index contributed by atoms with van der Waals surface area (Å²) < 4.78 is 3.66. The summed E-state index contributed by atoms with van der Waals surface area (Å²) in [5.74, 6) is 0.0820. The van der Waals surface area contributed by atoms with Gasteiger partial charge in [0.25, 0.3) is 5.91 Å². The van der Waals surface area contributed by atoms with Crippen LogP contribution in [0.2, 0.25) is 0 Å². The first-order valence-electron chi connectivity index (χ1n) is 8.39. The fraction of sp³-hybridized carbons (Fsp3) is 0.389. The first-order valence-corrected chi connectivity index (χ1v) is 8.39. The maximum atomic E-state index is 13.0. The second-order valence-corrected chi connectivity index (χ2v) is 6.46. The van der Waals surface area contributed by atoms with Crippen LogP contribution in [0.3, 0.4) is 0 Å². The largest absolute Gasteiger partial charge is 0.347 e. The molecule has 1 fully saturated rings. The Balaban J connectivity index is 1.70. The van der Waals surface area contributed by atoms with E-state index in [2.05, 4.69) is 5.10 Å². The van der Waals surface area contributed by atoms with Crippen molar-refractivity contribution in [1.82, 2.24) is 24.1 Å². The number of nitrogens with zero attached hydrogens (tertiary/aromatic N) is 5. The Morgan fingerprint density at radius 3 is 2.92 bits per heavy atom. The molecule has 24 heavy (non-hydrogen) atoms. The van der Waals surface area contributed by atoms with Crippen LogP contribution in [0.15, 0.2) is 36.7 Å².